The SMILES string of the molecule is CC(C)C(N)CCN(C)S(=O)(=O)c1ccc2c(c1)CCC2. The van der Waals surface area contributed by atoms with Crippen LogP contribution in [0.3, 0.4) is 0 Å². The average molecular weight is 310 g/mol. The summed E-state index contributed by atoms with van der Waals surface area (Å²) < 4.78 is 26.6. The fourth-order valence-corrected chi connectivity index (χ4v) is 3.91. The van der Waals surface area contributed by atoms with Crippen LogP contribution in [-0.2, 0) is 22.9 Å². The van der Waals surface area contributed by atoms with Gasteiger partial charge in [0.1, 0.15) is 0 Å². The van der Waals surface area contributed by atoms with Crippen LogP contribution in [0.25, 0.3) is 0 Å². The number of nitrogens with zero attached hydrogens (tertiary/aromatic N) is 1. The molecule has 4 nitrogen and oxygen atoms in total. The maximum absolute atomic E-state index is 12.6. The fraction of sp³-hybridized carbons (Fsp3) is 0.625. The van der Waals surface area contributed by atoms with Crippen molar-refractivity contribution in [2.24, 2.45) is 11.7 Å². The number of aryl methyl sites for hydroxylation is 2. The molecule has 0 amide bonds. The molecule has 0 radical (unpaired) electrons. The number of fused-ring (bicyclic) bond motifs is 1. The first kappa shape index (κ1) is 16.5. The van der Waals surface area contributed by atoms with E-state index in [1.54, 1.807) is 13.1 Å². The number of nitrogens with two attached hydrogens (primary N) is 1. The highest BCUT2D eigenvalue weighted by molar-refractivity contribution is 7.89. The number of sulfonamides is 1. The van der Waals surface area contributed by atoms with Gasteiger partial charge in [0.25, 0.3) is 0 Å². The molecule has 0 bridgehead atoms. The summed E-state index contributed by atoms with van der Waals surface area (Å²) in [7, 11) is -1.77. The molecule has 0 saturated heterocycles. The van der Waals surface area contributed by atoms with Gasteiger partial charge in [-0.1, -0.05) is 19.9 Å². The molecule has 21 heavy (non-hydrogen) atoms. The zero-order valence-corrected chi connectivity index (χ0v) is 14.0. The van der Waals surface area contributed by atoms with Crippen molar-refractivity contribution in [2.45, 2.75) is 50.5 Å². The van der Waals surface area contributed by atoms with Gasteiger partial charge < -0.3 is 5.73 Å². The minimum atomic E-state index is -3.40. The normalized spacial score (nSPS) is 16.5. The highest BCUT2D eigenvalue weighted by Crippen LogP contribution is 2.26. The molecule has 1 aromatic rings. The van der Waals surface area contributed by atoms with Gasteiger partial charge in [-0.05, 0) is 54.9 Å². The van der Waals surface area contributed by atoms with E-state index in [0.29, 0.717) is 23.8 Å². The minimum Gasteiger partial charge on any atom is -0.327 e. The summed E-state index contributed by atoms with van der Waals surface area (Å²) in [5, 5.41) is 0. The molecule has 118 valence electrons. The zero-order valence-electron chi connectivity index (χ0n) is 13.2. The Labute approximate surface area is 128 Å². The molecule has 1 atom stereocenters. The highest BCUT2D eigenvalue weighted by atomic mass is 32.2. The Bertz CT molecular complexity index is 596. The standard InChI is InChI=1S/C16H26N2O2S/c1-12(2)16(17)9-10-18(3)21(19,20)15-8-7-13-5-4-6-14(13)11-15/h7-8,11-12,16H,4-6,9-10,17H2,1-3H3. The molecular weight excluding hydrogens is 284 g/mol. The number of hydrogen-bond acceptors (Lipinski definition) is 3. The van der Waals surface area contributed by atoms with E-state index in [1.165, 1.54) is 15.4 Å². The maximum atomic E-state index is 12.6. The first-order chi connectivity index (χ1) is 9.82. The summed E-state index contributed by atoms with van der Waals surface area (Å²) in [5.41, 5.74) is 8.47. The van der Waals surface area contributed by atoms with Crippen molar-refractivity contribution in [2.75, 3.05) is 13.6 Å². The summed E-state index contributed by atoms with van der Waals surface area (Å²) >= 11 is 0. The molecule has 0 spiro atoms. The van der Waals surface area contributed by atoms with Gasteiger partial charge in [0.2, 0.25) is 10.0 Å². The van der Waals surface area contributed by atoms with Gasteiger partial charge >= 0.3 is 0 Å². The van der Waals surface area contributed by atoms with E-state index in [0.717, 1.165) is 19.3 Å². The van der Waals surface area contributed by atoms with Crippen molar-refractivity contribution in [3.8, 4) is 0 Å². The predicted octanol–water partition coefficient (Wildman–Crippen LogP) is 2.17. The third-order valence-electron chi connectivity index (χ3n) is 4.41. The first-order valence-electron chi connectivity index (χ1n) is 7.66. The summed E-state index contributed by atoms with van der Waals surface area (Å²) in [6.45, 7) is 4.57. The predicted molar refractivity (Wildman–Crippen MR) is 85.7 cm³/mol. The Morgan fingerprint density at radius 2 is 1.90 bits per heavy atom. The number of hydrogen-bond donors (Lipinski definition) is 1. The monoisotopic (exact) mass is 310 g/mol. The molecule has 1 aliphatic rings. The molecule has 2 rings (SSSR count). The first-order valence-corrected chi connectivity index (χ1v) is 9.10. The quantitative estimate of drug-likeness (QED) is 0.876. The molecule has 0 aliphatic heterocycles. The zero-order chi connectivity index (χ0) is 15.6. The Morgan fingerprint density at radius 3 is 2.57 bits per heavy atom. The van der Waals surface area contributed by atoms with Crippen molar-refractivity contribution in [3.63, 3.8) is 0 Å². The average Bonchev–Trinajstić information content (AvgIpc) is 2.91. The fourth-order valence-electron chi connectivity index (χ4n) is 2.67. The van der Waals surface area contributed by atoms with Crippen LogP contribution in [0.5, 0.6) is 0 Å². The maximum Gasteiger partial charge on any atom is 0.242 e. The van der Waals surface area contributed by atoms with Gasteiger partial charge in [-0.25, -0.2) is 12.7 Å². The number of rotatable bonds is 6. The van der Waals surface area contributed by atoms with Crippen LogP contribution in [0.15, 0.2) is 23.1 Å². The molecule has 1 aliphatic carbocycles. The second kappa shape index (κ2) is 6.46. The molecule has 2 N–H and O–H groups in total. The lowest BCUT2D eigenvalue weighted by Crippen LogP contribution is -2.34. The lowest BCUT2D eigenvalue weighted by Gasteiger charge is -2.21. The van der Waals surface area contributed by atoms with Crippen molar-refractivity contribution in [3.05, 3.63) is 29.3 Å². The molecule has 0 aromatic heterocycles. The summed E-state index contributed by atoms with van der Waals surface area (Å²) in [4.78, 5) is 0.406. The Morgan fingerprint density at radius 1 is 1.24 bits per heavy atom. The molecule has 0 heterocycles. The summed E-state index contributed by atoms with van der Waals surface area (Å²) in [6, 6.07) is 5.57. The Kier molecular flexibility index (Phi) is 5.07. The second-order valence-corrected chi connectivity index (χ2v) is 8.35. The second-order valence-electron chi connectivity index (χ2n) is 6.31. The van der Waals surface area contributed by atoms with Crippen molar-refractivity contribution >= 4 is 10.0 Å². The van der Waals surface area contributed by atoms with E-state index in [9.17, 15) is 8.42 Å². The molecule has 1 unspecified atom stereocenters. The van der Waals surface area contributed by atoms with Crippen molar-refractivity contribution < 1.29 is 8.42 Å². The largest absolute Gasteiger partial charge is 0.327 e. The van der Waals surface area contributed by atoms with Gasteiger partial charge in [-0.2, -0.15) is 0 Å². The van der Waals surface area contributed by atoms with Crippen LogP contribution >= 0.6 is 0 Å². The molecule has 5 heteroatoms. The van der Waals surface area contributed by atoms with Gasteiger partial charge in [-0.3, -0.25) is 0 Å². The topological polar surface area (TPSA) is 63.4 Å². The smallest absolute Gasteiger partial charge is 0.242 e. The molecular formula is C16H26N2O2S. The highest BCUT2D eigenvalue weighted by Gasteiger charge is 2.23. The van der Waals surface area contributed by atoms with Crippen LogP contribution in [0.2, 0.25) is 0 Å². The third kappa shape index (κ3) is 3.65. The van der Waals surface area contributed by atoms with E-state index >= 15 is 0 Å². The van der Waals surface area contributed by atoms with Gasteiger partial charge in [0.05, 0.1) is 4.90 Å². The van der Waals surface area contributed by atoms with Crippen LogP contribution in [0.1, 0.15) is 37.8 Å². The third-order valence-corrected chi connectivity index (χ3v) is 6.26. The van der Waals surface area contributed by atoms with Gasteiger partial charge in [0, 0.05) is 19.6 Å². The lowest BCUT2D eigenvalue weighted by molar-refractivity contribution is 0.397. The molecule has 0 fully saturated rings. The summed E-state index contributed by atoms with van der Waals surface area (Å²) in [5.74, 6) is 0.362. The lowest BCUT2D eigenvalue weighted by atomic mass is 10.0. The summed E-state index contributed by atoms with van der Waals surface area (Å²) in [6.07, 6.45) is 3.85. The van der Waals surface area contributed by atoms with E-state index in [1.807, 2.05) is 12.1 Å². The van der Waals surface area contributed by atoms with Crippen LogP contribution in [0, 0.1) is 5.92 Å². The Balaban J connectivity index is 2.10. The van der Waals surface area contributed by atoms with Crippen molar-refractivity contribution in [1.29, 1.82) is 0 Å². The van der Waals surface area contributed by atoms with E-state index in [4.69, 9.17) is 5.73 Å². The van der Waals surface area contributed by atoms with Crippen molar-refractivity contribution in [1.82, 2.24) is 4.31 Å². The molecule has 1 aromatic carbocycles. The van der Waals surface area contributed by atoms with Crippen LogP contribution < -0.4 is 5.73 Å². The van der Waals surface area contributed by atoms with Crippen LogP contribution in [0.4, 0.5) is 0 Å². The minimum absolute atomic E-state index is 0.0303. The van der Waals surface area contributed by atoms with E-state index in [-0.39, 0.29) is 6.04 Å². The van der Waals surface area contributed by atoms with E-state index in [2.05, 4.69) is 13.8 Å². The molecule has 0 saturated carbocycles. The van der Waals surface area contributed by atoms with Gasteiger partial charge in [0.15, 0.2) is 0 Å². The van der Waals surface area contributed by atoms with Crippen LogP contribution in [-0.4, -0.2) is 32.4 Å². The Hall–Kier alpha value is -0.910. The van der Waals surface area contributed by atoms with Gasteiger partial charge in [-0.15, -0.1) is 0 Å². The number of benzene rings is 1. The van der Waals surface area contributed by atoms with E-state index < -0.39 is 10.0 Å².